The Morgan fingerprint density at radius 1 is 1.38 bits per heavy atom. The summed E-state index contributed by atoms with van der Waals surface area (Å²) < 4.78 is 5.03. The Bertz CT molecular complexity index is 86.4. The molecule has 0 N–H and O–H groups in total. The molecule has 0 atom stereocenters. The average Bonchev–Trinajstić information content (AvgIpc) is 1.61. The van der Waals surface area contributed by atoms with Gasteiger partial charge in [-0.1, -0.05) is 11.6 Å². The van der Waals surface area contributed by atoms with E-state index in [4.69, 9.17) is 3.89 Å². The number of rotatable bonds is 2. The number of oxime groups is 1. The third-order valence-electron chi connectivity index (χ3n) is 0.446. The minimum atomic E-state index is -0.914. The first-order valence-corrected chi connectivity index (χ1v) is 5.58. The molecule has 0 spiro atoms. The maximum atomic E-state index is 5.03. The normalized spacial score (nSPS) is 8.00. The molecule has 0 unspecified atom stereocenters. The first kappa shape index (κ1) is 8.00. The second kappa shape index (κ2) is 3.94. The molecule has 46 valence electrons. The summed E-state index contributed by atoms with van der Waals surface area (Å²) >= 11 is -0.914. The van der Waals surface area contributed by atoms with E-state index in [0.29, 0.717) is 0 Å². The summed E-state index contributed by atoms with van der Waals surface area (Å²) in [5, 5.41) is 3.80. The van der Waals surface area contributed by atoms with Crippen LogP contribution in [0.2, 0.25) is 11.6 Å². The van der Waals surface area contributed by atoms with E-state index in [1.807, 2.05) is 13.8 Å². The summed E-state index contributed by atoms with van der Waals surface area (Å²) in [5.74, 6) is 4.18. The lowest BCUT2D eigenvalue weighted by atomic mass is 10.5. The predicted molar refractivity (Wildman–Crippen MR) is 37.4 cm³/mol. The van der Waals surface area contributed by atoms with E-state index in [0.717, 1.165) is 5.71 Å². The van der Waals surface area contributed by atoms with E-state index < -0.39 is 14.5 Å². The molecule has 0 saturated heterocycles. The van der Waals surface area contributed by atoms with Gasteiger partial charge < -0.3 is 3.89 Å². The molecule has 0 saturated carbocycles. The van der Waals surface area contributed by atoms with Gasteiger partial charge in [0.05, 0.1) is 0 Å². The fraction of sp³-hybridized carbons (Fsp3) is 0.800. The van der Waals surface area contributed by atoms with Gasteiger partial charge in [-0.25, -0.2) is 0 Å². The minimum absolute atomic E-state index is 0.914. The van der Waals surface area contributed by atoms with Crippen LogP contribution in [0.4, 0.5) is 0 Å². The fourth-order valence-corrected chi connectivity index (χ4v) is 0.632. The topological polar surface area (TPSA) is 21.6 Å². The van der Waals surface area contributed by atoms with Crippen LogP contribution in [-0.4, -0.2) is 20.2 Å². The Kier molecular flexibility index (Phi) is 3.94. The van der Waals surface area contributed by atoms with Crippen LogP contribution in [0.3, 0.4) is 0 Å². The van der Waals surface area contributed by atoms with Gasteiger partial charge >= 0.3 is 14.5 Å². The highest BCUT2D eigenvalue weighted by atomic mass is 27.2. The largest absolute Gasteiger partial charge is 0.570 e. The van der Waals surface area contributed by atoms with Crippen LogP contribution >= 0.6 is 0 Å². The maximum Gasteiger partial charge on any atom is 0.570 e. The molecule has 3 heteroatoms. The first-order chi connectivity index (χ1) is 3.63. The van der Waals surface area contributed by atoms with Crippen molar-refractivity contribution >= 4 is 20.2 Å². The van der Waals surface area contributed by atoms with Gasteiger partial charge in [0.25, 0.3) is 0 Å². The second-order valence-corrected chi connectivity index (χ2v) is 4.50. The third-order valence-corrected chi connectivity index (χ3v) is 0.973. The SMILES string of the molecule is CC(C)=N[O][Al]([CH3])[CH3]. The van der Waals surface area contributed by atoms with Crippen molar-refractivity contribution in [2.45, 2.75) is 25.4 Å². The zero-order valence-corrected chi connectivity index (χ0v) is 7.09. The molecule has 0 fully saturated rings. The lowest BCUT2D eigenvalue weighted by molar-refractivity contribution is 0.351. The van der Waals surface area contributed by atoms with E-state index in [1.165, 1.54) is 0 Å². The first-order valence-electron chi connectivity index (χ1n) is 2.80. The van der Waals surface area contributed by atoms with Crippen LogP contribution in [0, 0.1) is 0 Å². The molecule has 0 amide bonds. The molecule has 0 radical (unpaired) electrons. The van der Waals surface area contributed by atoms with Gasteiger partial charge in [0.2, 0.25) is 0 Å². The van der Waals surface area contributed by atoms with Crippen LogP contribution in [0.15, 0.2) is 5.16 Å². The molecule has 8 heavy (non-hydrogen) atoms. The highest BCUT2D eigenvalue weighted by Crippen LogP contribution is 1.84. The van der Waals surface area contributed by atoms with Gasteiger partial charge in [-0.05, 0) is 13.8 Å². The van der Waals surface area contributed by atoms with Gasteiger partial charge in [-0.15, -0.1) is 5.16 Å². The number of hydrogen-bond donors (Lipinski definition) is 0. The maximum absolute atomic E-state index is 5.03. The average molecular weight is 129 g/mol. The Morgan fingerprint density at radius 2 is 1.88 bits per heavy atom. The summed E-state index contributed by atoms with van der Waals surface area (Å²) in [4.78, 5) is 0. The predicted octanol–water partition coefficient (Wildman–Crippen LogP) is 1.65. The summed E-state index contributed by atoms with van der Waals surface area (Å²) in [6.07, 6.45) is 0. The molecule has 0 rings (SSSR count). The highest BCUT2D eigenvalue weighted by Gasteiger charge is 2.03. The van der Waals surface area contributed by atoms with Crippen molar-refractivity contribution in [2.75, 3.05) is 0 Å². The monoisotopic (exact) mass is 129 g/mol. The van der Waals surface area contributed by atoms with Gasteiger partial charge in [-0.3, -0.25) is 0 Å². The zero-order valence-electron chi connectivity index (χ0n) is 5.93. The molecule has 0 heterocycles. The van der Waals surface area contributed by atoms with Crippen LogP contribution < -0.4 is 0 Å². The van der Waals surface area contributed by atoms with E-state index in [-0.39, 0.29) is 0 Å². The summed E-state index contributed by atoms with van der Waals surface area (Å²) in [7, 11) is 0. The van der Waals surface area contributed by atoms with E-state index in [1.54, 1.807) is 0 Å². The molecular formula is C5H12AlNO. The van der Waals surface area contributed by atoms with Crippen molar-refractivity contribution in [3.8, 4) is 0 Å². The molecule has 0 bridgehead atoms. The van der Waals surface area contributed by atoms with Gasteiger partial charge in [0, 0.05) is 5.71 Å². The standard InChI is InChI=1S/C3H7NO.2CH3.Al/c1-3(2)4-5;;;/h5H,1-2H3;2*1H3;/q;;;+1/p-1. The third kappa shape index (κ3) is 6.00. The zero-order chi connectivity index (χ0) is 6.57. The van der Waals surface area contributed by atoms with Crippen molar-refractivity contribution in [3.05, 3.63) is 0 Å². The molecule has 0 aromatic rings. The van der Waals surface area contributed by atoms with E-state index in [2.05, 4.69) is 16.7 Å². The highest BCUT2D eigenvalue weighted by molar-refractivity contribution is 6.48. The van der Waals surface area contributed by atoms with E-state index >= 15 is 0 Å². The van der Waals surface area contributed by atoms with Crippen molar-refractivity contribution in [1.82, 2.24) is 0 Å². The molecular weight excluding hydrogens is 117 g/mol. The van der Waals surface area contributed by atoms with Crippen molar-refractivity contribution in [2.24, 2.45) is 5.16 Å². The number of hydrogen-bond acceptors (Lipinski definition) is 2. The summed E-state index contributed by atoms with van der Waals surface area (Å²) in [5.41, 5.74) is 0.992. The molecule has 0 aromatic heterocycles. The molecule has 0 aliphatic carbocycles. The van der Waals surface area contributed by atoms with Crippen molar-refractivity contribution in [1.29, 1.82) is 0 Å². The Morgan fingerprint density at radius 3 is 2.00 bits per heavy atom. The van der Waals surface area contributed by atoms with Gasteiger partial charge in [0.1, 0.15) is 0 Å². The summed E-state index contributed by atoms with van der Waals surface area (Å²) in [6.45, 7) is 3.85. The lowest BCUT2D eigenvalue weighted by Crippen LogP contribution is -2.02. The Labute approximate surface area is 55.2 Å². The lowest BCUT2D eigenvalue weighted by Gasteiger charge is -1.97. The van der Waals surface area contributed by atoms with Crippen molar-refractivity contribution in [3.63, 3.8) is 0 Å². The van der Waals surface area contributed by atoms with Crippen LogP contribution in [0.25, 0.3) is 0 Å². The van der Waals surface area contributed by atoms with Crippen LogP contribution in [0.1, 0.15) is 13.8 Å². The van der Waals surface area contributed by atoms with Gasteiger partial charge in [0.15, 0.2) is 0 Å². The van der Waals surface area contributed by atoms with Crippen molar-refractivity contribution < 1.29 is 3.89 Å². The molecule has 0 aromatic carbocycles. The minimum Gasteiger partial charge on any atom is -0.545 e. The molecule has 0 aliphatic rings. The molecule has 2 nitrogen and oxygen atoms in total. The van der Waals surface area contributed by atoms with E-state index in [9.17, 15) is 0 Å². The van der Waals surface area contributed by atoms with Crippen LogP contribution in [0.5, 0.6) is 0 Å². The Balaban J connectivity index is 3.29. The quantitative estimate of drug-likeness (QED) is 0.315. The van der Waals surface area contributed by atoms with Crippen LogP contribution in [-0.2, 0) is 3.89 Å². The Hall–Kier alpha value is 0.00247. The van der Waals surface area contributed by atoms with Gasteiger partial charge in [-0.2, -0.15) is 0 Å². The fourth-order valence-electron chi connectivity index (χ4n) is 0.211. The molecule has 0 aliphatic heterocycles. The summed E-state index contributed by atoms with van der Waals surface area (Å²) in [6, 6.07) is 0. The smallest absolute Gasteiger partial charge is 0.545 e. The second-order valence-electron chi connectivity index (χ2n) is 2.19. The number of nitrogens with zero attached hydrogens (tertiary/aromatic N) is 1.